The third-order valence-electron chi connectivity index (χ3n) is 3.59. The average Bonchev–Trinajstić information content (AvgIpc) is 2.93. The van der Waals surface area contributed by atoms with Crippen LogP contribution in [0, 0.1) is 19.8 Å². The maximum Gasteiger partial charge on any atom is 0.0687 e. The van der Waals surface area contributed by atoms with Crippen molar-refractivity contribution < 1.29 is 5.11 Å². The number of aryl methyl sites for hydroxylation is 2. The van der Waals surface area contributed by atoms with Crippen LogP contribution in [0.1, 0.15) is 36.5 Å². The number of hydrogen-bond donors (Lipinski definition) is 1. The van der Waals surface area contributed by atoms with Crippen LogP contribution in [0.15, 0.2) is 18.2 Å². The SMILES string of the molecule is Cc1ccc(CC(C)(O)C2CC2)cc1C. The van der Waals surface area contributed by atoms with Crippen LogP contribution in [0.4, 0.5) is 0 Å². The van der Waals surface area contributed by atoms with Gasteiger partial charge in [0.15, 0.2) is 0 Å². The molecule has 1 aliphatic carbocycles. The molecule has 15 heavy (non-hydrogen) atoms. The zero-order chi connectivity index (χ0) is 11.1. The van der Waals surface area contributed by atoms with E-state index in [-0.39, 0.29) is 0 Å². The summed E-state index contributed by atoms with van der Waals surface area (Å²) < 4.78 is 0. The van der Waals surface area contributed by atoms with Gasteiger partial charge in [0.05, 0.1) is 5.60 Å². The van der Waals surface area contributed by atoms with Crippen molar-refractivity contribution >= 4 is 0 Å². The van der Waals surface area contributed by atoms with Gasteiger partial charge in [-0.25, -0.2) is 0 Å². The Balaban J connectivity index is 2.13. The first-order valence-corrected chi connectivity index (χ1v) is 5.77. The van der Waals surface area contributed by atoms with Crippen molar-refractivity contribution in [1.82, 2.24) is 0 Å². The first-order valence-electron chi connectivity index (χ1n) is 5.77. The van der Waals surface area contributed by atoms with Crippen molar-refractivity contribution in [1.29, 1.82) is 0 Å². The summed E-state index contributed by atoms with van der Waals surface area (Å²) in [5.41, 5.74) is 3.40. The van der Waals surface area contributed by atoms with E-state index in [1.54, 1.807) is 0 Å². The van der Waals surface area contributed by atoms with Gasteiger partial charge in [0.2, 0.25) is 0 Å². The highest BCUT2D eigenvalue weighted by atomic mass is 16.3. The Labute approximate surface area is 92.1 Å². The van der Waals surface area contributed by atoms with E-state index in [1.807, 2.05) is 6.92 Å². The van der Waals surface area contributed by atoms with Crippen LogP contribution in [0.3, 0.4) is 0 Å². The average molecular weight is 204 g/mol. The fourth-order valence-corrected chi connectivity index (χ4v) is 2.18. The molecule has 1 nitrogen and oxygen atoms in total. The van der Waals surface area contributed by atoms with E-state index in [0.29, 0.717) is 5.92 Å². The Bertz CT molecular complexity index is 362. The second-order valence-electron chi connectivity index (χ2n) is 5.23. The van der Waals surface area contributed by atoms with Gasteiger partial charge in [-0.05, 0) is 56.2 Å². The number of aliphatic hydroxyl groups is 1. The summed E-state index contributed by atoms with van der Waals surface area (Å²) in [5.74, 6) is 0.527. The maximum atomic E-state index is 10.3. The monoisotopic (exact) mass is 204 g/mol. The van der Waals surface area contributed by atoms with Gasteiger partial charge < -0.3 is 5.11 Å². The molecule has 1 aliphatic rings. The smallest absolute Gasteiger partial charge is 0.0687 e. The highest BCUT2D eigenvalue weighted by Gasteiger charge is 2.39. The zero-order valence-corrected chi connectivity index (χ0v) is 9.88. The molecule has 1 fully saturated rings. The Morgan fingerprint density at radius 3 is 2.47 bits per heavy atom. The molecule has 1 heteroatoms. The zero-order valence-electron chi connectivity index (χ0n) is 9.88. The Hall–Kier alpha value is -0.820. The summed E-state index contributed by atoms with van der Waals surface area (Å²) in [6.45, 7) is 6.22. The molecule has 1 aromatic carbocycles. The quantitative estimate of drug-likeness (QED) is 0.802. The molecule has 1 aromatic rings. The van der Waals surface area contributed by atoms with Gasteiger partial charge in [0, 0.05) is 6.42 Å². The second-order valence-corrected chi connectivity index (χ2v) is 5.23. The van der Waals surface area contributed by atoms with E-state index >= 15 is 0 Å². The maximum absolute atomic E-state index is 10.3. The first kappa shape index (κ1) is 10.7. The normalized spacial score (nSPS) is 20.0. The number of rotatable bonds is 3. The van der Waals surface area contributed by atoms with Gasteiger partial charge in [-0.15, -0.1) is 0 Å². The van der Waals surface area contributed by atoms with Gasteiger partial charge in [-0.1, -0.05) is 18.2 Å². The predicted molar refractivity (Wildman–Crippen MR) is 63.0 cm³/mol. The molecular formula is C14H20O. The van der Waals surface area contributed by atoms with Crippen LogP contribution in [-0.2, 0) is 6.42 Å². The van der Waals surface area contributed by atoms with Crippen LogP contribution in [0.5, 0.6) is 0 Å². The molecular weight excluding hydrogens is 184 g/mol. The van der Waals surface area contributed by atoms with Crippen LogP contribution in [-0.4, -0.2) is 10.7 Å². The number of benzene rings is 1. The molecule has 1 atom stereocenters. The first-order chi connectivity index (χ1) is 6.99. The summed E-state index contributed by atoms with van der Waals surface area (Å²) >= 11 is 0. The molecule has 0 radical (unpaired) electrons. The molecule has 0 bridgehead atoms. The molecule has 82 valence electrons. The van der Waals surface area contributed by atoms with Crippen LogP contribution in [0.2, 0.25) is 0 Å². The van der Waals surface area contributed by atoms with Crippen LogP contribution in [0.25, 0.3) is 0 Å². The molecule has 0 heterocycles. The largest absolute Gasteiger partial charge is 0.390 e. The van der Waals surface area contributed by atoms with E-state index in [2.05, 4.69) is 32.0 Å². The van der Waals surface area contributed by atoms with Crippen molar-refractivity contribution in [2.24, 2.45) is 5.92 Å². The molecule has 0 aliphatic heterocycles. The molecule has 2 rings (SSSR count). The summed E-state index contributed by atoms with van der Waals surface area (Å²) in [6.07, 6.45) is 3.18. The predicted octanol–water partition coefficient (Wildman–Crippen LogP) is 3.01. The highest BCUT2D eigenvalue weighted by molar-refractivity contribution is 5.30. The molecule has 0 spiro atoms. The fraction of sp³-hybridized carbons (Fsp3) is 0.571. The topological polar surface area (TPSA) is 20.2 Å². The van der Waals surface area contributed by atoms with Crippen LogP contribution < -0.4 is 0 Å². The molecule has 0 amide bonds. The molecule has 1 N–H and O–H groups in total. The Kier molecular flexibility index (Phi) is 2.59. The minimum Gasteiger partial charge on any atom is -0.390 e. The minimum absolute atomic E-state index is 0.498. The minimum atomic E-state index is -0.498. The third-order valence-corrected chi connectivity index (χ3v) is 3.59. The van der Waals surface area contributed by atoms with Gasteiger partial charge in [0.1, 0.15) is 0 Å². The Morgan fingerprint density at radius 2 is 1.93 bits per heavy atom. The lowest BCUT2D eigenvalue weighted by molar-refractivity contribution is 0.0372. The van der Waals surface area contributed by atoms with Gasteiger partial charge >= 0.3 is 0 Å². The van der Waals surface area contributed by atoms with Crippen LogP contribution >= 0.6 is 0 Å². The third kappa shape index (κ3) is 2.40. The lowest BCUT2D eigenvalue weighted by Gasteiger charge is -2.23. The fourth-order valence-electron chi connectivity index (χ4n) is 2.18. The Morgan fingerprint density at radius 1 is 1.27 bits per heavy atom. The molecule has 1 unspecified atom stereocenters. The summed E-state index contributed by atoms with van der Waals surface area (Å²) in [7, 11) is 0. The van der Waals surface area contributed by atoms with Crippen molar-refractivity contribution in [2.75, 3.05) is 0 Å². The lowest BCUT2D eigenvalue weighted by Crippen LogP contribution is -2.29. The van der Waals surface area contributed by atoms with Crippen molar-refractivity contribution in [2.45, 2.75) is 45.6 Å². The molecule has 0 aromatic heterocycles. The van der Waals surface area contributed by atoms with Crippen molar-refractivity contribution in [3.63, 3.8) is 0 Å². The summed E-state index contributed by atoms with van der Waals surface area (Å²) in [4.78, 5) is 0. The van der Waals surface area contributed by atoms with E-state index in [1.165, 1.54) is 29.5 Å². The van der Waals surface area contributed by atoms with E-state index in [0.717, 1.165) is 6.42 Å². The summed E-state index contributed by atoms with van der Waals surface area (Å²) in [6, 6.07) is 6.49. The van der Waals surface area contributed by atoms with Crippen molar-refractivity contribution in [3.05, 3.63) is 34.9 Å². The number of hydrogen-bond acceptors (Lipinski definition) is 1. The van der Waals surface area contributed by atoms with Gasteiger partial charge in [-0.2, -0.15) is 0 Å². The van der Waals surface area contributed by atoms with E-state index in [9.17, 15) is 5.11 Å². The van der Waals surface area contributed by atoms with Gasteiger partial charge in [-0.3, -0.25) is 0 Å². The van der Waals surface area contributed by atoms with Crippen molar-refractivity contribution in [3.8, 4) is 0 Å². The lowest BCUT2D eigenvalue weighted by atomic mass is 9.90. The molecule has 0 saturated heterocycles. The highest BCUT2D eigenvalue weighted by Crippen LogP contribution is 2.41. The summed E-state index contributed by atoms with van der Waals surface area (Å²) in [5, 5.41) is 10.3. The van der Waals surface area contributed by atoms with Gasteiger partial charge in [0.25, 0.3) is 0 Å². The standard InChI is InChI=1S/C14H20O/c1-10-4-5-12(8-11(10)2)9-14(3,15)13-6-7-13/h4-5,8,13,15H,6-7,9H2,1-3H3. The molecule has 1 saturated carbocycles. The van der Waals surface area contributed by atoms with E-state index in [4.69, 9.17) is 0 Å². The second kappa shape index (κ2) is 3.64. The van der Waals surface area contributed by atoms with E-state index < -0.39 is 5.60 Å².